The molecule has 1 aliphatic heterocycles. The highest BCUT2D eigenvalue weighted by molar-refractivity contribution is 7.89. The highest BCUT2D eigenvalue weighted by atomic mass is 35.5. The quantitative estimate of drug-likeness (QED) is 0.922. The lowest BCUT2D eigenvalue weighted by Gasteiger charge is -2.36. The maximum absolute atomic E-state index is 12.1. The average Bonchev–Trinajstić information content (AvgIpc) is 2.20. The minimum Gasteiger partial charge on any atom is -0.396 e. The second kappa shape index (κ2) is 4.74. The summed E-state index contributed by atoms with van der Waals surface area (Å²) in [7, 11) is -3.51. The molecule has 1 saturated heterocycles. The van der Waals surface area contributed by atoms with Gasteiger partial charge in [0.15, 0.2) is 0 Å². The molecule has 0 amide bonds. The summed E-state index contributed by atoms with van der Waals surface area (Å²) < 4.78 is 25.5. The predicted octanol–water partition coefficient (Wildman–Crippen LogP) is 1.61. The molecule has 1 fully saturated rings. The van der Waals surface area contributed by atoms with Gasteiger partial charge in [-0.1, -0.05) is 23.2 Å². The number of nitrogens with zero attached hydrogens (tertiary/aromatic N) is 1. The number of hydrogen-bond acceptors (Lipinski definition) is 3. The maximum Gasteiger partial charge on any atom is 0.243 e. The minimum atomic E-state index is -3.51. The molecule has 17 heavy (non-hydrogen) atoms. The van der Waals surface area contributed by atoms with Crippen molar-refractivity contribution in [3.63, 3.8) is 0 Å². The molecule has 0 aromatic heterocycles. The van der Waals surface area contributed by atoms with Crippen LogP contribution < -0.4 is 0 Å². The van der Waals surface area contributed by atoms with E-state index < -0.39 is 10.0 Å². The molecular formula is C10H11Cl2NO3S. The zero-order valence-electron chi connectivity index (χ0n) is 8.81. The lowest BCUT2D eigenvalue weighted by molar-refractivity contribution is 0.117. The van der Waals surface area contributed by atoms with Crippen LogP contribution in [0.5, 0.6) is 0 Å². The first-order valence-electron chi connectivity index (χ1n) is 5.01. The molecule has 0 radical (unpaired) electrons. The summed E-state index contributed by atoms with van der Waals surface area (Å²) >= 11 is 11.5. The molecule has 0 spiro atoms. The Morgan fingerprint density at radius 3 is 2.47 bits per heavy atom. The van der Waals surface area contributed by atoms with Crippen LogP contribution in [0.4, 0.5) is 0 Å². The molecule has 0 unspecified atom stereocenters. The second-order valence-corrected chi connectivity index (χ2v) is 6.70. The summed E-state index contributed by atoms with van der Waals surface area (Å²) in [4.78, 5) is 0.128. The first-order valence-corrected chi connectivity index (χ1v) is 7.21. The Morgan fingerprint density at radius 1 is 1.29 bits per heavy atom. The van der Waals surface area contributed by atoms with Crippen molar-refractivity contribution in [2.75, 3.05) is 19.7 Å². The van der Waals surface area contributed by atoms with Crippen LogP contribution in [-0.4, -0.2) is 37.5 Å². The Kier molecular flexibility index (Phi) is 3.66. The van der Waals surface area contributed by atoms with Gasteiger partial charge in [0.1, 0.15) is 0 Å². The van der Waals surface area contributed by atoms with E-state index in [0.29, 0.717) is 18.1 Å². The standard InChI is InChI=1S/C10H11Cl2NO3S/c11-9-2-1-8(3-10(9)12)17(15,16)13-4-7(5-13)6-14/h1-3,7,14H,4-6H2. The molecule has 7 heteroatoms. The lowest BCUT2D eigenvalue weighted by Crippen LogP contribution is -2.51. The number of benzene rings is 1. The summed E-state index contributed by atoms with van der Waals surface area (Å²) in [6.45, 7) is 0.700. The SMILES string of the molecule is O=S(=O)(c1ccc(Cl)c(Cl)c1)N1CC(CO)C1. The van der Waals surface area contributed by atoms with Crippen LogP contribution in [0.15, 0.2) is 23.1 Å². The number of aliphatic hydroxyl groups excluding tert-OH is 1. The van der Waals surface area contributed by atoms with Gasteiger partial charge >= 0.3 is 0 Å². The molecule has 0 bridgehead atoms. The minimum absolute atomic E-state index is 0.00734. The van der Waals surface area contributed by atoms with Crippen molar-refractivity contribution in [3.05, 3.63) is 28.2 Å². The van der Waals surface area contributed by atoms with E-state index in [0.717, 1.165) is 0 Å². The van der Waals surface area contributed by atoms with Crippen LogP contribution in [0.3, 0.4) is 0 Å². The molecule has 1 aromatic carbocycles. The van der Waals surface area contributed by atoms with Gasteiger partial charge in [-0.2, -0.15) is 4.31 Å². The van der Waals surface area contributed by atoms with Gasteiger partial charge in [0.25, 0.3) is 0 Å². The number of hydrogen-bond donors (Lipinski definition) is 1. The van der Waals surface area contributed by atoms with Crippen molar-refractivity contribution in [2.45, 2.75) is 4.90 Å². The van der Waals surface area contributed by atoms with Gasteiger partial charge in [0.2, 0.25) is 10.0 Å². The molecule has 4 nitrogen and oxygen atoms in total. The van der Waals surface area contributed by atoms with E-state index in [1.165, 1.54) is 22.5 Å². The third-order valence-corrected chi connectivity index (χ3v) is 5.28. The van der Waals surface area contributed by atoms with Crippen LogP contribution in [0, 0.1) is 5.92 Å². The van der Waals surface area contributed by atoms with Crippen molar-refractivity contribution < 1.29 is 13.5 Å². The molecule has 0 atom stereocenters. The smallest absolute Gasteiger partial charge is 0.243 e. The molecule has 1 heterocycles. The van der Waals surface area contributed by atoms with E-state index in [2.05, 4.69) is 0 Å². The topological polar surface area (TPSA) is 57.6 Å². The molecular weight excluding hydrogens is 285 g/mol. The fraction of sp³-hybridized carbons (Fsp3) is 0.400. The predicted molar refractivity (Wildman–Crippen MR) is 65.8 cm³/mol. The van der Waals surface area contributed by atoms with Crippen molar-refractivity contribution in [2.24, 2.45) is 5.92 Å². The Morgan fingerprint density at radius 2 is 1.94 bits per heavy atom. The van der Waals surface area contributed by atoms with Gasteiger partial charge in [-0.3, -0.25) is 0 Å². The zero-order valence-corrected chi connectivity index (χ0v) is 11.1. The van der Waals surface area contributed by atoms with Gasteiger partial charge in [0, 0.05) is 25.6 Å². The number of sulfonamides is 1. The monoisotopic (exact) mass is 295 g/mol. The molecule has 94 valence electrons. The zero-order chi connectivity index (χ0) is 12.6. The van der Waals surface area contributed by atoms with Crippen molar-refractivity contribution >= 4 is 33.2 Å². The van der Waals surface area contributed by atoms with Gasteiger partial charge in [-0.05, 0) is 18.2 Å². The summed E-state index contributed by atoms with van der Waals surface area (Å²) in [5.41, 5.74) is 0. The lowest BCUT2D eigenvalue weighted by atomic mass is 10.1. The van der Waals surface area contributed by atoms with E-state index in [-0.39, 0.29) is 22.4 Å². The second-order valence-electron chi connectivity index (χ2n) is 3.95. The Hall–Kier alpha value is -0.330. The van der Waals surface area contributed by atoms with E-state index in [4.69, 9.17) is 28.3 Å². The van der Waals surface area contributed by atoms with E-state index >= 15 is 0 Å². The Balaban J connectivity index is 2.24. The van der Waals surface area contributed by atoms with Crippen LogP contribution in [0.2, 0.25) is 10.0 Å². The fourth-order valence-electron chi connectivity index (χ4n) is 1.62. The van der Waals surface area contributed by atoms with Crippen molar-refractivity contribution in [3.8, 4) is 0 Å². The van der Waals surface area contributed by atoms with Crippen LogP contribution >= 0.6 is 23.2 Å². The van der Waals surface area contributed by atoms with E-state index in [9.17, 15) is 8.42 Å². The summed E-state index contributed by atoms with van der Waals surface area (Å²) in [6.07, 6.45) is 0. The molecule has 1 N–H and O–H groups in total. The van der Waals surface area contributed by atoms with Gasteiger partial charge in [-0.25, -0.2) is 8.42 Å². The van der Waals surface area contributed by atoms with Crippen LogP contribution in [0.25, 0.3) is 0 Å². The first-order chi connectivity index (χ1) is 7.95. The van der Waals surface area contributed by atoms with E-state index in [1.54, 1.807) is 0 Å². The number of aliphatic hydroxyl groups is 1. The summed E-state index contributed by atoms with van der Waals surface area (Å²) in [5, 5.41) is 9.40. The molecule has 1 aliphatic rings. The molecule has 1 aromatic rings. The highest BCUT2D eigenvalue weighted by Gasteiger charge is 2.36. The van der Waals surface area contributed by atoms with Crippen molar-refractivity contribution in [1.29, 1.82) is 0 Å². The Bertz CT molecular complexity index is 526. The molecule has 0 saturated carbocycles. The number of rotatable bonds is 3. The molecule has 0 aliphatic carbocycles. The highest BCUT2D eigenvalue weighted by Crippen LogP contribution is 2.29. The molecule has 2 rings (SSSR count). The van der Waals surface area contributed by atoms with Crippen LogP contribution in [-0.2, 0) is 10.0 Å². The summed E-state index contributed by atoms with van der Waals surface area (Å²) in [6, 6.07) is 4.22. The fourth-order valence-corrected chi connectivity index (χ4v) is 3.60. The maximum atomic E-state index is 12.1. The third-order valence-electron chi connectivity index (χ3n) is 2.71. The van der Waals surface area contributed by atoms with Gasteiger partial charge in [-0.15, -0.1) is 0 Å². The van der Waals surface area contributed by atoms with Crippen LogP contribution in [0.1, 0.15) is 0 Å². The summed E-state index contributed by atoms with van der Waals surface area (Å²) in [5.74, 6) is 0.0348. The van der Waals surface area contributed by atoms with Gasteiger partial charge < -0.3 is 5.11 Å². The average molecular weight is 296 g/mol. The van der Waals surface area contributed by atoms with Gasteiger partial charge in [0.05, 0.1) is 14.9 Å². The van der Waals surface area contributed by atoms with Crippen molar-refractivity contribution in [1.82, 2.24) is 4.31 Å². The Labute approximate surface area is 110 Å². The first kappa shape index (κ1) is 13.1. The third kappa shape index (κ3) is 2.44. The van der Waals surface area contributed by atoms with E-state index in [1.807, 2.05) is 0 Å². The largest absolute Gasteiger partial charge is 0.396 e. The number of halogens is 2. The normalized spacial score (nSPS) is 18.1.